The normalized spacial score (nSPS) is 18.1. The van der Waals surface area contributed by atoms with Crippen LogP contribution in [-0.4, -0.2) is 54.6 Å². The van der Waals surface area contributed by atoms with E-state index in [2.05, 4.69) is 41.3 Å². The Morgan fingerprint density at radius 1 is 1.34 bits per heavy atom. The molecule has 1 aromatic heterocycles. The second-order valence-corrected chi connectivity index (χ2v) is 8.00. The summed E-state index contributed by atoms with van der Waals surface area (Å²) in [4.78, 5) is 10.5. The summed E-state index contributed by atoms with van der Waals surface area (Å²) in [5, 5.41) is 7.88. The van der Waals surface area contributed by atoms with E-state index in [0.717, 1.165) is 49.5 Å². The predicted molar refractivity (Wildman–Crippen MR) is 131 cm³/mol. The Bertz CT molecular complexity index is 789. The zero-order valence-corrected chi connectivity index (χ0v) is 20.1. The van der Waals surface area contributed by atoms with Gasteiger partial charge in [0.05, 0.1) is 0 Å². The van der Waals surface area contributed by atoms with Gasteiger partial charge in [-0.3, -0.25) is 4.99 Å². The van der Waals surface area contributed by atoms with Gasteiger partial charge in [-0.05, 0) is 76.3 Å². The number of aliphatic imine (C=N–C) groups is 1. The van der Waals surface area contributed by atoms with Crippen molar-refractivity contribution in [1.29, 1.82) is 0 Å². The first kappa shape index (κ1) is 23.9. The Hall–Kier alpha value is -1.35. The molecule has 0 saturated carbocycles. The minimum absolute atomic E-state index is 0. The molecule has 0 bridgehead atoms. The molecule has 1 atom stereocenters. The molecule has 1 unspecified atom stereocenters. The molecule has 1 saturated heterocycles. The van der Waals surface area contributed by atoms with Crippen LogP contribution in [-0.2, 0) is 6.42 Å². The van der Waals surface area contributed by atoms with Crippen LogP contribution >= 0.6 is 24.0 Å². The lowest BCUT2D eigenvalue weighted by Crippen LogP contribution is -2.42. The Morgan fingerprint density at radius 3 is 2.93 bits per heavy atom. The number of hydrogen-bond donors (Lipinski definition) is 3. The number of fused-ring (bicyclic) bond motifs is 1. The van der Waals surface area contributed by atoms with E-state index in [1.165, 1.54) is 31.0 Å². The molecule has 29 heavy (non-hydrogen) atoms. The number of aromatic nitrogens is 1. The third-order valence-corrected chi connectivity index (χ3v) is 5.55. The van der Waals surface area contributed by atoms with Gasteiger partial charge < -0.3 is 20.5 Å². The summed E-state index contributed by atoms with van der Waals surface area (Å²) in [7, 11) is 0. The Labute approximate surface area is 190 Å². The highest BCUT2D eigenvalue weighted by Gasteiger charge is 2.21. The number of aromatic amines is 1. The Morgan fingerprint density at radius 2 is 2.17 bits per heavy atom. The number of hydrogen-bond acceptors (Lipinski definition) is 2. The zero-order chi connectivity index (χ0) is 19.9. The van der Waals surface area contributed by atoms with Crippen LogP contribution < -0.4 is 10.6 Å². The highest BCUT2D eigenvalue weighted by Crippen LogP contribution is 2.20. The first-order chi connectivity index (χ1) is 13.6. The topological polar surface area (TPSA) is 55.5 Å². The summed E-state index contributed by atoms with van der Waals surface area (Å²) >= 11 is 0. The lowest BCUT2D eigenvalue weighted by Gasteiger charge is -2.34. The molecule has 0 spiro atoms. The number of nitrogens with zero attached hydrogens (tertiary/aromatic N) is 2. The van der Waals surface area contributed by atoms with Gasteiger partial charge in [0, 0.05) is 49.3 Å². The fourth-order valence-corrected chi connectivity index (χ4v) is 3.96. The summed E-state index contributed by atoms with van der Waals surface area (Å²) in [5.41, 5.74) is 2.04. The third kappa shape index (κ3) is 6.84. The molecule has 0 radical (unpaired) electrons. The van der Waals surface area contributed by atoms with Crippen LogP contribution in [0.15, 0.2) is 29.4 Å². The maximum atomic E-state index is 13.3. The first-order valence-electron chi connectivity index (χ1n) is 10.6. The number of rotatable bonds is 7. The number of likely N-dealkylation sites (tertiary alicyclic amines) is 1. The van der Waals surface area contributed by atoms with Crippen LogP contribution in [0.4, 0.5) is 4.39 Å². The van der Waals surface area contributed by atoms with E-state index in [1.807, 2.05) is 12.3 Å². The summed E-state index contributed by atoms with van der Waals surface area (Å²) in [6.07, 6.45) is 5.36. The van der Waals surface area contributed by atoms with Gasteiger partial charge in [-0.15, -0.1) is 24.0 Å². The van der Waals surface area contributed by atoms with E-state index < -0.39 is 0 Å². The molecule has 5 nitrogen and oxygen atoms in total. The maximum absolute atomic E-state index is 13.3. The number of halogens is 2. The van der Waals surface area contributed by atoms with E-state index in [-0.39, 0.29) is 29.8 Å². The van der Waals surface area contributed by atoms with Crippen LogP contribution in [0, 0.1) is 11.7 Å². The van der Waals surface area contributed by atoms with E-state index in [4.69, 9.17) is 4.99 Å². The van der Waals surface area contributed by atoms with Crippen molar-refractivity contribution in [3.63, 3.8) is 0 Å². The van der Waals surface area contributed by atoms with E-state index in [9.17, 15) is 4.39 Å². The highest BCUT2D eigenvalue weighted by molar-refractivity contribution is 14.0. The minimum Gasteiger partial charge on any atom is -0.361 e. The summed E-state index contributed by atoms with van der Waals surface area (Å²) in [6.45, 7) is 11.5. The maximum Gasteiger partial charge on any atom is 0.191 e. The molecule has 1 aliphatic heterocycles. The Balaban J connectivity index is 0.00000300. The van der Waals surface area contributed by atoms with E-state index in [1.54, 1.807) is 6.07 Å². The molecular weight excluding hydrogens is 480 g/mol. The average Bonchev–Trinajstić information content (AvgIpc) is 3.08. The molecule has 1 aliphatic rings. The van der Waals surface area contributed by atoms with Crippen molar-refractivity contribution in [1.82, 2.24) is 20.5 Å². The van der Waals surface area contributed by atoms with Gasteiger partial charge in [0.15, 0.2) is 5.96 Å². The lowest BCUT2D eigenvalue weighted by atomic mass is 9.97. The molecule has 3 rings (SSSR count). The van der Waals surface area contributed by atoms with Gasteiger partial charge in [-0.1, -0.05) is 0 Å². The molecule has 1 fully saturated rings. The van der Waals surface area contributed by atoms with Crippen molar-refractivity contribution in [3.8, 4) is 0 Å². The van der Waals surface area contributed by atoms with Gasteiger partial charge in [0.25, 0.3) is 0 Å². The summed E-state index contributed by atoms with van der Waals surface area (Å²) < 4.78 is 13.3. The van der Waals surface area contributed by atoms with Gasteiger partial charge >= 0.3 is 0 Å². The fourth-order valence-electron chi connectivity index (χ4n) is 3.96. The lowest BCUT2D eigenvalue weighted by molar-refractivity contribution is 0.143. The first-order valence-corrected chi connectivity index (χ1v) is 10.6. The van der Waals surface area contributed by atoms with Crippen LogP contribution in [0.1, 0.15) is 39.2 Å². The van der Waals surface area contributed by atoms with Gasteiger partial charge in [-0.25, -0.2) is 4.39 Å². The number of nitrogens with one attached hydrogen (secondary N) is 3. The van der Waals surface area contributed by atoms with Crippen molar-refractivity contribution >= 4 is 40.8 Å². The molecular formula is C22H35FIN5. The van der Waals surface area contributed by atoms with Crippen LogP contribution in [0.5, 0.6) is 0 Å². The molecule has 0 amide bonds. The molecule has 7 heteroatoms. The van der Waals surface area contributed by atoms with Crippen molar-refractivity contribution in [2.24, 2.45) is 10.9 Å². The zero-order valence-electron chi connectivity index (χ0n) is 17.8. The molecule has 2 aromatic rings. The van der Waals surface area contributed by atoms with Crippen molar-refractivity contribution in [2.75, 3.05) is 32.7 Å². The quantitative estimate of drug-likeness (QED) is 0.295. The second-order valence-electron chi connectivity index (χ2n) is 8.00. The van der Waals surface area contributed by atoms with E-state index >= 15 is 0 Å². The number of benzene rings is 1. The monoisotopic (exact) mass is 515 g/mol. The molecule has 1 aromatic carbocycles. The molecule has 3 N–H and O–H groups in total. The van der Waals surface area contributed by atoms with E-state index in [0.29, 0.717) is 12.0 Å². The third-order valence-electron chi connectivity index (χ3n) is 5.55. The van der Waals surface area contributed by atoms with Crippen molar-refractivity contribution in [3.05, 3.63) is 35.8 Å². The number of H-pyrrole nitrogens is 1. The number of guanidine groups is 1. The smallest absolute Gasteiger partial charge is 0.191 e. The summed E-state index contributed by atoms with van der Waals surface area (Å²) in [6, 6.07) is 5.52. The molecule has 2 heterocycles. The largest absolute Gasteiger partial charge is 0.361 e. The van der Waals surface area contributed by atoms with Gasteiger partial charge in [0.1, 0.15) is 5.82 Å². The SMILES string of the molecule is CCNC(=NCC1CCCN(C(C)C)C1)NCCc1c[nH]c2cc(F)ccc12.I. The minimum atomic E-state index is -0.209. The molecule has 162 valence electrons. The standard InChI is InChI=1S/C22H34FN5.HI/c1-4-24-22(27-13-17-6-5-11-28(15-17)16(2)3)25-10-9-18-14-26-21-12-19(23)7-8-20(18)21;/h7-8,12,14,16-17,26H,4-6,9-11,13,15H2,1-3H3,(H2,24,25,27);1H. The molecule has 0 aliphatic carbocycles. The van der Waals surface area contributed by atoms with Gasteiger partial charge in [-0.2, -0.15) is 0 Å². The van der Waals surface area contributed by atoms with Crippen molar-refractivity contribution in [2.45, 2.75) is 46.1 Å². The number of piperidine rings is 1. The van der Waals surface area contributed by atoms with Crippen LogP contribution in [0.25, 0.3) is 10.9 Å². The van der Waals surface area contributed by atoms with Crippen molar-refractivity contribution < 1.29 is 4.39 Å². The predicted octanol–water partition coefficient (Wildman–Crippen LogP) is 4.14. The second kappa shape index (κ2) is 11.7. The van der Waals surface area contributed by atoms with Gasteiger partial charge in [0.2, 0.25) is 0 Å². The Kier molecular flexibility index (Phi) is 9.68. The summed E-state index contributed by atoms with van der Waals surface area (Å²) in [5.74, 6) is 1.31. The average molecular weight is 515 g/mol. The van der Waals surface area contributed by atoms with Crippen LogP contribution in [0.2, 0.25) is 0 Å². The van der Waals surface area contributed by atoms with Crippen LogP contribution in [0.3, 0.4) is 0 Å². The fraction of sp³-hybridized carbons (Fsp3) is 0.591. The highest BCUT2D eigenvalue weighted by atomic mass is 127.